The van der Waals surface area contributed by atoms with Crippen LogP contribution in [0.2, 0.25) is 0 Å². The van der Waals surface area contributed by atoms with Crippen LogP contribution in [-0.2, 0) is 24.1 Å². The average molecular weight is 339 g/mol. The Hall–Kier alpha value is -2.29. The van der Waals surface area contributed by atoms with Gasteiger partial charge in [-0.1, -0.05) is 43.3 Å². The van der Waals surface area contributed by atoms with Crippen LogP contribution in [0.4, 0.5) is 0 Å². The molecule has 0 atom stereocenters. The molecule has 0 heterocycles. The van der Waals surface area contributed by atoms with Crippen molar-refractivity contribution in [1.29, 1.82) is 0 Å². The Balaban J connectivity index is 1.70. The number of benzene rings is 2. The number of ether oxygens (including phenoxy) is 1. The van der Waals surface area contributed by atoms with Gasteiger partial charge in [0.2, 0.25) is 5.91 Å². The van der Waals surface area contributed by atoms with E-state index in [-0.39, 0.29) is 12.0 Å². The van der Waals surface area contributed by atoms with Crippen molar-refractivity contribution in [3.8, 4) is 5.75 Å². The first-order chi connectivity index (χ1) is 12.1. The Morgan fingerprint density at radius 3 is 2.44 bits per heavy atom. The summed E-state index contributed by atoms with van der Waals surface area (Å²) in [4.78, 5) is 12.0. The lowest BCUT2D eigenvalue weighted by atomic mass is 10.1. The van der Waals surface area contributed by atoms with E-state index in [9.17, 15) is 4.79 Å². The standard InChI is InChI=1S/C22H29NO2/c1-4-18-10-12-20(13-11-18)16-22(24)23-14-6-8-19-7-5-9-21(15-19)25-17(2)3/h5,7,9-13,15,17H,4,6,8,14,16H2,1-3H3,(H,23,24). The van der Waals surface area contributed by atoms with Crippen molar-refractivity contribution in [2.24, 2.45) is 0 Å². The van der Waals surface area contributed by atoms with Crippen LogP contribution in [0.5, 0.6) is 5.75 Å². The number of rotatable bonds is 9. The van der Waals surface area contributed by atoms with Gasteiger partial charge >= 0.3 is 0 Å². The van der Waals surface area contributed by atoms with Crippen LogP contribution in [-0.4, -0.2) is 18.6 Å². The van der Waals surface area contributed by atoms with Gasteiger partial charge in [-0.3, -0.25) is 4.79 Å². The van der Waals surface area contributed by atoms with E-state index in [2.05, 4.69) is 36.5 Å². The van der Waals surface area contributed by atoms with Gasteiger partial charge in [-0.2, -0.15) is 0 Å². The molecule has 2 aromatic rings. The Bertz CT molecular complexity index is 662. The molecule has 0 saturated carbocycles. The SMILES string of the molecule is CCc1ccc(CC(=O)NCCCc2cccc(OC(C)C)c2)cc1. The van der Waals surface area contributed by atoms with E-state index < -0.39 is 0 Å². The molecule has 3 heteroatoms. The van der Waals surface area contributed by atoms with Gasteiger partial charge in [-0.05, 0) is 61.9 Å². The largest absolute Gasteiger partial charge is 0.491 e. The predicted molar refractivity (Wildman–Crippen MR) is 103 cm³/mol. The molecule has 0 fully saturated rings. The quantitative estimate of drug-likeness (QED) is 0.691. The molecular formula is C22H29NO2. The summed E-state index contributed by atoms with van der Waals surface area (Å²) in [5.74, 6) is 0.994. The molecule has 0 spiro atoms. The van der Waals surface area contributed by atoms with E-state index in [1.54, 1.807) is 0 Å². The van der Waals surface area contributed by atoms with Gasteiger partial charge in [0.05, 0.1) is 12.5 Å². The van der Waals surface area contributed by atoms with Crippen LogP contribution in [0, 0.1) is 0 Å². The molecule has 1 N–H and O–H groups in total. The first-order valence-corrected chi connectivity index (χ1v) is 9.17. The molecule has 2 aromatic carbocycles. The molecule has 2 rings (SSSR count). The van der Waals surface area contributed by atoms with Crippen molar-refractivity contribution in [3.05, 3.63) is 65.2 Å². The molecule has 0 saturated heterocycles. The zero-order valence-corrected chi connectivity index (χ0v) is 15.5. The zero-order chi connectivity index (χ0) is 18.1. The van der Waals surface area contributed by atoms with Crippen molar-refractivity contribution in [1.82, 2.24) is 5.32 Å². The number of hydrogen-bond acceptors (Lipinski definition) is 2. The van der Waals surface area contributed by atoms with Crippen molar-refractivity contribution in [3.63, 3.8) is 0 Å². The monoisotopic (exact) mass is 339 g/mol. The number of aryl methyl sites for hydroxylation is 2. The molecule has 134 valence electrons. The number of amides is 1. The Kier molecular flexibility index (Phi) is 7.52. The van der Waals surface area contributed by atoms with Crippen LogP contribution in [0.3, 0.4) is 0 Å². The fraction of sp³-hybridized carbons (Fsp3) is 0.409. The van der Waals surface area contributed by atoms with Gasteiger partial charge in [0.1, 0.15) is 5.75 Å². The second-order valence-electron chi connectivity index (χ2n) is 6.61. The number of hydrogen-bond donors (Lipinski definition) is 1. The molecule has 0 aliphatic carbocycles. The Labute approximate surface area is 151 Å². The summed E-state index contributed by atoms with van der Waals surface area (Å²) in [7, 11) is 0. The van der Waals surface area contributed by atoms with E-state index in [4.69, 9.17) is 4.74 Å². The van der Waals surface area contributed by atoms with Crippen molar-refractivity contribution in [2.45, 2.75) is 52.6 Å². The van der Waals surface area contributed by atoms with Gasteiger partial charge in [0.25, 0.3) is 0 Å². The normalized spacial score (nSPS) is 10.7. The topological polar surface area (TPSA) is 38.3 Å². The number of carbonyl (C=O) groups is 1. The minimum Gasteiger partial charge on any atom is -0.491 e. The van der Waals surface area contributed by atoms with E-state index >= 15 is 0 Å². The van der Waals surface area contributed by atoms with Crippen molar-refractivity contribution < 1.29 is 9.53 Å². The molecule has 0 radical (unpaired) electrons. The Morgan fingerprint density at radius 2 is 1.76 bits per heavy atom. The summed E-state index contributed by atoms with van der Waals surface area (Å²) in [6.45, 7) is 6.88. The summed E-state index contributed by atoms with van der Waals surface area (Å²) in [6.07, 6.45) is 3.50. The van der Waals surface area contributed by atoms with Gasteiger partial charge in [-0.15, -0.1) is 0 Å². The highest BCUT2D eigenvalue weighted by Crippen LogP contribution is 2.16. The molecule has 0 bridgehead atoms. The fourth-order valence-corrected chi connectivity index (χ4v) is 2.71. The minimum atomic E-state index is 0.0844. The predicted octanol–water partition coefficient (Wildman–Crippen LogP) is 4.33. The lowest BCUT2D eigenvalue weighted by Gasteiger charge is -2.11. The van der Waals surface area contributed by atoms with Crippen LogP contribution in [0.1, 0.15) is 43.9 Å². The summed E-state index contributed by atoms with van der Waals surface area (Å²) < 4.78 is 5.71. The molecule has 0 aromatic heterocycles. The van der Waals surface area contributed by atoms with Gasteiger partial charge in [0, 0.05) is 6.54 Å². The van der Waals surface area contributed by atoms with E-state index in [0.717, 1.165) is 30.6 Å². The lowest BCUT2D eigenvalue weighted by Crippen LogP contribution is -2.26. The third-order valence-electron chi connectivity index (χ3n) is 4.03. The van der Waals surface area contributed by atoms with Crippen LogP contribution in [0.15, 0.2) is 48.5 Å². The molecule has 3 nitrogen and oxygen atoms in total. The first kappa shape index (κ1) is 19.0. The maximum absolute atomic E-state index is 12.0. The van der Waals surface area contributed by atoms with Crippen molar-refractivity contribution in [2.75, 3.05) is 6.54 Å². The molecule has 0 unspecified atom stereocenters. The smallest absolute Gasteiger partial charge is 0.224 e. The first-order valence-electron chi connectivity index (χ1n) is 9.17. The maximum atomic E-state index is 12.0. The maximum Gasteiger partial charge on any atom is 0.224 e. The number of carbonyl (C=O) groups excluding carboxylic acids is 1. The summed E-state index contributed by atoms with van der Waals surface area (Å²) in [6, 6.07) is 16.4. The summed E-state index contributed by atoms with van der Waals surface area (Å²) in [5, 5.41) is 3.01. The highest BCUT2D eigenvalue weighted by molar-refractivity contribution is 5.78. The highest BCUT2D eigenvalue weighted by atomic mass is 16.5. The van der Waals surface area contributed by atoms with E-state index in [1.165, 1.54) is 11.1 Å². The lowest BCUT2D eigenvalue weighted by molar-refractivity contribution is -0.120. The second kappa shape index (κ2) is 9.87. The third kappa shape index (κ3) is 7.00. The van der Waals surface area contributed by atoms with Gasteiger partial charge in [-0.25, -0.2) is 0 Å². The molecule has 25 heavy (non-hydrogen) atoms. The second-order valence-corrected chi connectivity index (χ2v) is 6.61. The van der Waals surface area contributed by atoms with E-state index in [1.807, 2.05) is 38.1 Å². The molecular weight excluding hydrogens is 310 g/mol. The molecule has 0 aliphatic heterocycles. The van der Waals surface area contributed by atoms with Crippen LogP contribution >= 0.6 is 0 Å². The minimum absolute atomic E-state index is 0.0844. The fourth-order valence-electron chi connectivity index (χ4n) is 2.71. The third-order valence-corrected chi connectivity index (χ3v) is 4.03. The van der Waals surface area contributed by atoms with E-state index in [0.29, 0.717) is 13.0 Å². The molecule has 1 amide bonds. The van der Waals surface area contributed by atoms with Crippen LogP contribution in [0.25, 0.3) is 0 Å². The summed E-state index contributed by atoms with van der Waals surface area (Å²) >= 11 is 0. The van der Waals surface area contributed by atoms with Crippen molar-refractivity contribution >= 4 is 5.91 Å². The van der Waals surface area contributed by atoms with Gasteiger partial charge < -0.3 is 10.1 Å². The zero-order valence-electron chi connectivity index (χ0n) is 15.5. The van der Waals surface area contributed by atoms with Crippen LogP contribution < -0.4 is 10.1 Å². The van der Waals surface area contributed by atoms with Gasteiger partial charge in [0.15, 0.2) is 0 Å². The molecule has 0 aliphatic rings. The summed E-state index contributed by atoms with van der Waals surface area (Å²) in [5.41, 5.74) is 3.60. The number of nitrogens with one attached hydrogen (secondary N) is 1. The Morgan fingerprint density at radius 1 is 1.04 bits per heavy atom. The highest BCUT2D eigenvalue weighted by Gasteiger charge is 2.04. The average Bonchev–Trinajstić information content (AvgIpc) is 2.59.